The monoisotopic (exact) mass is 311 g/mol. The summed E-state index contributed by atoms with van der Waals surface area (Å²) in [5.41, 5.74) is 1.51. The molecule has 0 heterocycles. The van der Waals surface area contributed by atoms with Crippen LogP contribution in [0.25, 0.3) is 0 Å². The van der Waals surface area contributed by atoms with Gasteiger partial charge in [0.1, 0.15) is 5.75 Å². The van der Waals surface area contributed by atoms with Crippen molar-refractivity contribution in [2.24, 2.45) is 0 Å². The first-order valence-corrected chi connectivity index (χ1v) is 6.86. The molecular formula is C15H15Cl2NO2. The van der Waals surface area contributed by atoms with E-state index < -0.39 is 6.10 Å². The maximum Gasteiger partial charge on any atom is 0.119 e. The van der Waals surface area contributed by atoms with Crippen LogP contribution in [0.1, 0.15) is 11.7 Å². The molecule has 5 heteroatoms. The third kappa shape index (κ3) is 3.79. The molecule has 0 aliphatic heterocycles. The van der Waals surface area contributed by atoms with Gasteiger partial charge in [0.25, 0.3) is 0 Å². The van der Waals surface area contributed by atoms with E-state index in [-0.39, 0.29) is 0 Å². The summed E-state index contributed by atoms with van der Waals surface area (Å²) in [6.07, 6.45) is -0.656. The molecule has 0 saturated heterocycles. The minimum absolute atomic E-state index is 0.342. The van der Waals surface area contributed by atoms with Crippen LogP contribution in [-0.4, -0.2) is 18.8 Å². The molecule has 0 aliphatic carbocycles. The van der Waals surface area contributed by atoms with E-state index in [4.69, 9.17) is 27.9 Å². The third-order valence-corrected chi connectivity index (χ3v) is 3.44. The van der Waals surface area contributed by atoms with Crippen LogP contribution < -0.4 is 10.1 Å². The van der Waals surface area contributed by atoms with Gasteiger partial charge >= 0.3 is 0 Å². The summed E-state index contributed by atoms with van der Waals surface area (Å²) in [5.74, 6) is 0.714. The van der Waals surface area contributed by atoms with Crippen molar-refractivity contribution in [3.05, 3.63) is 58.1 Å². The quantitative estimate of drug-likeness (QED) is 0.871. The molecule has 0 amide bonds. The molecule has 0 saturated carbocycles. The third-order valence-electron chi connectivity index (χ3n) is 2.90. The first kappa shape index (κ1) is 15.0. The molecule has 20 heavy (non-hydrogen) atoms. The minimum atomic E-state index is -0.656. The topological polar surface area (TPSA) is 41.5 Å². The van der Waals surface area contributed by atoms with Gasteiger partial charge in [-0.05, 0) is 35.9 Å². The Morgan fingerprint density at radius 2 is 2.00 bits per heavy atom. The van der Waals surface area contributed by atoms with E-state index in [1.807, 2.05) is 18.2 Å². The number of methoxy groups -OCH3 is 1. The van der Waals surface area contributed by atoms with Crippen LogP contribution >= 0.6 is 23.2 Å². The fourth-order valence-corrected chi connectivity index (χ4v) is 2.28. The van der Waals surface area contributed by atoms with Crippen molar-refractivity contribution in [2.45, 2.75) is 6.10 Å². The maximum absolute atomic E-state index is 10.2. The highest BCUT2D eigenvalue weighted by Crippen LogP contribution is 2.26. The Kier molecular flexibility index (Phi) is 5.12. The number of hydrogen-bond donors (Lipinski definition) is 2. The molecule has 0 spiro atoms. The van der Waals surface area contributed by atoms with Crippen LogP contribution in [-0.2, 0) is 0 Å². The number of hydrogen-bond acceptors (Lipinski definition) is 3. The molecular weight excluding hydrogens is 297 g/mol. The Balaban J connectivity index is 2.02. The van der Waals surface area contributed by atoms with Crippen molar-refractivity contribution in [1.29, 1.82) is 0 Å². The van der Waals surface area contributed by atoms with Gasteiger partial charge in [0.15, 0.2) is 0 Å². The van der Waals surface area contributed by atoms with Gasteiger partial charge in [-0.1, -0.05) is 35.3 Å². The molecule has 0 aromatic heterocycles. The highest BCUT2D eigenvalue weighted by molar-refractivity contribution is 6.36. The number of rotatable bonds is 5. The number of ether oxygens (including phenoxy) is 1. The van der Waals surface area contributed by atoms with Crippen LogP contribution in [0.4, 0.5) is 5.69 Å². The van der Waals surface area contributed by atoms with Crippen LogP contribution in [0.15, 0.2) is 42.5 Å². The van der Waals surface area contributed by atoms with Crippen molar-refractivity contribution in [3.63, 3.8) is 0 Å². The molecule has 2 aromatic rings. The fourth-order valence-electron chi connectivity index (χ4n) is 1.81. The highest BCUT2D eigenvalue weighted by Gasteiger charge is 2.09. The second kappa shape index (κ2) is 6.84. The molecule has 2 aromatic carbocycles. The van der Waals surface area contributed by atoms with Gasteiger partial charge in [-0.15, -0.1) is 0 Å². The zero-order valence-electron chi connectivity index (χ0n) is 10.9. The summed E-state index contributed by atoms with van der Waals surface area (Å²) in [6.45, 7) is 0.342. The molecule has 1 unspecified atom stereocenters. The van der Waals surface area contributed by atoms with Crippen LogP contribution in [0, 0.1) is 0 Å². The zero-order chi connectivity index (χ0) is 14.5. The van der Waals surface area contributed by atoms with Gasteiger partial charge in [0.05, 0.1) is 23.9 Å². The Bertz CT molecular complexity index is 590. The second-order valence-electron chi connectivity index (χ2n) is 4.30. The summed E-state index contributed by atoms with van der Waals surface area (Å²) in [7, 11) is 1.59. The SMILES string of the molecule is COc1cccc(C(O)CNc2ccc(Cl)cc2Cl)c1. The molecule has 2 rings (SSSR count). The van der Waals surface area contributed by atoms with E-state index in [2.05, 4.69) is 5.32 Å². The molecule has 0 radical (unpaired) electrons. The van der Waals surface area contributed by atoms with E-state index in [1.54, 1.807) is 31.4 Å². The first-order chi connectivity index (χ1) is 9.60. The first-order valence-electron chi connectivity index (χ1n) is 6.11. The highest BCUT2D eigenvalue weighted by atomic mass is 35.5. The lowest BCUT2D eigenvalue weighted by atomic mass is 10.1. The lowest BCUT2D eigenvalue weighted by Crippen LogP contribution is -2.12. The maximum atomic E-state index is 10.2. The zero-order valence-corrected chi connectivity index (χ0v) is 12.4. The van der Waals surface area contributed by atoms with Gasteiger partial charge in [-0.25, -0.2) is 0 Å². The minimum Gasteiger partial charge on any atom is -0.497 e. The predicted molar refractivity (Wildman–Crippen MR) is 82.9 cm³/mol. The molecule has 2 N–H and O–H groups in total. The van der Waals surface area contributed by atoms with Crippen LogP contribution in [0.2, 0.25) is 10.0 Å². The average molecular weight is 312 g/mol. The van der Waals surface area contributed by atoms with Gasteiger partial charge < -0.3 is 15.2 Å². The Labute approximate surface area is 128 Å². The smallest absolute Gasteiger partial charge is 0.119 e. The van der Waals surface area contributed by atoms with Crippen molar-refractivity contribution in [3.8, 4) is 5.75 Å². The van der Waals surface area contributed by atoms with Crippen LogP contribution in [0.3, 0.4) is 0 Å². The predicted octanol–water partition coefficient (Wildman–Crippen LogP) is 4.15. The fraction of sp³-hybridized carbons (Fsp3) is 0.200. The average Bonchev–Trinajstić information content (AvgIpc) is 2.46. The normalized spacial score (nSPS) is 12.0. The summed E-state index contributed by atoms with van der Waals surface area (Å²) >= 11 is 11.9. The number of benzene rings is 2. The Morgan fingerprint density at radius 1 is 1.20 bits per heavy atom. The van der Waals surface area contributed by atoms with Gasteiger partial charge in [-0.3, -0.25) is 0 Å². The second-order valence-corrected chi connectivity index (χ2v) is 5.14. The lowest BCUT2D eigenvalue weighted by Gasteiger charge is -2.15. The molecule has 0 bridgehead atoms. The molecule has 0 aliphatic rings. The van der Waals surface area contributed by atoms with Crippen molar-refractivity contribution in [2.75, 3.05) is 19.0 Å². The largest absolute Gasteiger partial charge is 0.497 e. The molecule has 106 valence electrons. The van der Waals surface area contributed by atoms with Gasteiger partial charge in [0.2, 0.25) is 0 Å². The molecule has 3 nitrogen and oxygen atoms in total. The Hall–Kier alpha value is -1.42. The number of anilines is 1. The van der Waals surface area contributed by atoms with E-state index in [9.17, 15) is 5.11 Å². The molecule has 1 atom stereocenters. The van der Waals surface area contributed by atoms with E-state index >= 15 is 0 Å². The lowest BCUT2D eigenvalue weighted by molar-refractivity contribution is 0.191. The van der Waals surface area contributed by atoms with Crippen molar-refractivity contribution in [1.82, 2.24) is 0 Å². The van der Waals surface area contributed by atoms with Crippen molar-refractivity contribution < 1.29 is 9.84 Å². The van der Waals surface area contributed by atoms with Crippen molar-refractivity contribution >= 4 is 28.9 Å². The standard InChI is InChI=1S/C15H15Cl2NO2/c1-20-12-4-2-3-10(7-12)15(19)9-18-14-6-5-11(16)8-13(14)17/h2-8,15,18-19H,9H2,1H3. The van der Waals surface area contributed by atoms with E-state index in [0.29, 0.717) is 22.3 Å². The Morgan fingerprint density at radius 3 is 2.70 bits per heavy atom. The number of aliphatic hydroxyl groups excluding tert-OH is 1. The van der Waals surface area contributed by atoms with Gasteiger partial charge in [0, 0.05) is 11.6 Å². The number of nitrogens with one attached hydrogen (secondary N) is 1. The summed E-state index contributed by atoms with van der Waals surface area (Å²) in [5, 5.41) is 14.4. The van der Waals surface area contributed by atoms with E-state index in [1.165, 1.54) is 0 Å². The molecule has 0 fully saturated rings. The summed E-state index contributed by atoms with van der Waals surface area (Å²) in [4.78, 5) is 0. The summed E-state index contributed by atoms with van der Waals surface area (Å²) < 4.78 is 5.13. The van der Waals surface area contributed by atoms with E-state index in [0.717, 1.165) is 11.3 Å². The summed E-state index contributed by atoms with van der Waals surface area (Å²) in [6, 6.07) is 12.5. The van der Waals surface area contributed by atoms with Crippen LogP contribution in [0.5, 0.6) is 5.75 Å². The van der Waals surface area contributed by atoms with Gasteiger partial charge in [-0.2, -0.15) is 0 Å². The number of halogens is 2. The number of aliphatic hydroxyl groups is 1.